The Morgan fingerprint density at radius 1 is 1.02 bits per heavy atom. The number of hydrogen-bond acceptors (Lipinski definition) is 12. The Morgan fingerprint density at radius 3 is 2.58 bits per heavy atom. The van der Waals surface area contributed by atoms with Crippen LogP contribution in [0.5, 0.6) is 11.6 Å². The molecule has 210 valence electrons. The zero-order valence-electron chi connectivity index (χ0n) is 22.3. The number of pyridine rings is 2. The van der Waals surface area contributed by atoms with E-state index >= 15 is 0 Å². The quantitative estimate of drug-likeness (QED) is 0.297. The number of nitrogens with one attached hydrogen (secondary N) is 2. The zero-order valence-corrected chi connectivity index (χ0v) is 22.3. The van der Waals surface area contributed by atoms with E-state index in [1.54, 1.807) is 36.4 Å². The Kier molecular flexibility index (Phi) is 7.73. The molecule has 2 N–H and O–H groups in total. The summed E-state index contributed by atoms with van der Waals surface area (Å²) < 4.78 is 19.8. The lowest BCUT2D eigenvalue weighted by Gasteiger charge is -2.31. The lowest BCUT2D eigenvalue weighted by Crippen LogP contribution is -2.37. The molecule has 1 saturated carbocycles. The maximum Gasteiger partial charge on any atom is 0.225 e. The molecular weight excluding hydrogens is 514 g/mol. The molecule has 5 heterocycles. The van der Waals surface area contributed by atoms with Crippen molar-refractivity contribution in [1.82, 2.24) is 29.5 Å². The fourth-order valence-electron chi connectivity index (χ4n) is 5.05. The van der Waals surface area contributed by atoms with Gasteiger partial charge in [0.05, 0.1) is 42.2 Å². The first-order chi connectivity index (χ1) is 19.7. The Morgan fingerprint density at radius 2 is 1.82 bits per heavy atom. The molecule has 0 unspecified atom stereocenters. The van der Waals surface area contributed by atoms with Gasteiger partial charge < -0.3 is 39.7 Å². The van der Waals surface area contributed by atoms with Gasteiger partial charge in [-0.1, -0.05) is 0 Å². The molecule has 0 amide bonds. The van der Waals surface area contributed by atoms with Gasteiger partial charge in [-0.15, -0.1) is 0 Å². The van der Waals surface area contributed by atoms with E-state index in [-0.39, 0.29) is 18.7 Å². The van der Waals surface area contributed by atoms with Gasteiger partial charge in [0.15, 0.2) is 5.95 Å². The van der Waals surface area contributed by atoms with Crippen LogP contribution in [0.3, 0.4) is 0 Å². The molecule has 0 bridgehead atoms. The Hall–Kier alpha value is -4.23. The third kappa shape index (κ3) is 5.84. The molecule has 2 fully saturated rings. The molecule has 0 radical (unpaired) electrons. The van der Waals surface area contributed by atoms with Crippen molar-refractivity contribution in [3.63, 3.8) is 0 Å². The third-order valence-electron chi connectivity index (χ3n) is 7.35. The number of hydrogen-bond donors (Lipinski definition) is 2. The molecule has 2 aliphatic rings. The summed E-state index contributed by atoms with van der Waals surface area (Å²) in [4.78, 5) is 24.5. The van der Waals surface area contributed by atoms with Crippen LogP contribution in [0.15, 0.2) is 43.0 Å². The van der Waals surface area contributed by atoms with Crippen molar-refractivity contribution in [1.29, 1.82) is 0 Å². The standard InChI is InChI=1S/C27H32N9O4/c1-35-19(15-31-27(35)34-37)17-39-21-13-22-23(30-16-21)14-24(36-9-11-38-12-10-36)33-25(22)40-20-5-3-18(4-6-20)32-26-28-7-2-8-29-26/h2,7-8,13-16,18,20H,3-6,9-12,17H2,1H3,(H2-,28,29,31,32,34,37)/q-1. The van der Waals surface area contributed by atoms with Gasteiger partial charge in [0.25, 0.3) is 0 Å². The summed E-state index contributed by atoms with van der Waals surface area (Å²) in [6.45, 7) is 3.09. The monoisotopic (exact) mass is 546 g/mol. The molecule has 0 aromatic carbocycles. The highest BCUT2D eigenvalue weighted by molar-refractivity contribution is 5.87. The molecule has 13 nitrogen and oxygen atoms in total. The number of nitrogens with zero attached hydrogens (tertiary/aromatic N) is 7. The number of morpholine rings is 1. The van der Waals surface area contributed by atoms with Gasteiger partial charge in [0.2, 0.25) is 11.8 Å². The molecule has 0 atom stereocenters. The van der Waals surface area contributed by atoms with Gasteiger partial charge in [-0.05, 0) is 37.8 Å². The van der Waals surface area contributed by atoms with Crippen LogP contribution in [0.4, 0.5) is 17.7 Å². The van der Waals surface area contributed by atoms with Crippen LogP contribution in [0.1, 0.15) is 31.4 Å². The molecule has 4 aromatic heterocycles. The maximum absolute atomic E-state index is 11.0. The van der Waals surface area contributed by atoms with Crippen LogP contribution in [0.25, 0.3) is 10.9 Å². The summed E-state index contributed by atoms with van der Waals surface area (Å²) in [5.41, 5.74) is 3.36. The van der Waals surface area contributed by atoms with Crippen LogP contribution < -0.4 is 25.2 Å². The highest BCUT2D eigenvalue weighted by Crippen LogP contribution is 2.33. The largest absolute Gasteiger partial charge is 0.759 e. The summed E-state index contributed by atoms with van der Waals surface area (Å²) in [6.07, 6.45) is 10.5. The predicted molar refractivity (Wildman–Crippen MR) is 149 cm³/mol. The topological polar surface area (TPSA) is 147 Å². The van der Waals surface area contributed by atoms with Gasteiger partial charge in [-0.25, -0.2) is 15.0 Å². The number of aromatic nitrogens is 6. The third-order valence-corrected chi connectivity index (χ3v) is 7.35. The average molecular weight is 547 g/mol. The summed E-state index contributed by atoms with van der Waals surface area (Å²) in [5.74, 6) is 2.84. The summed E-state index contributed by atoms with van der Waals surface area (Å²) >= 11 is 0. The molecule has 0 spiro atoms. The number of rotatable bonds is 9. The van der Waals surface area contributed by atoms with Crippen molar-refractivity contribution in [2.45, 2.75) is 44.4 Å². The van der Waals surface area contributed by atoms with Gasteiger partial charge in [0, 0.05) is 44.6 Å². The van der Waals surface area contributed by atoms with Crippen molar-refractivity contribution in [3.05, 3.63) is 53.9 Å². The molecule has 4 aromatic rings. The minimum atomic E-state index is 0.0300. The van der Waals surface area contributed by atoms with Crippen LogP contribution in [0.2, 0.25) is 0 Å². The van der Waals surface area contributed by atoms with Crippen LogP contribution in [0, 0.1) is 5.21 Å². The van der Waals surface area contributed by atoms with Gasteiger partial charge in [0.1, 0.15) is 24.3 Å². The summed E-state index contributed by atoms with van der Waals surface area (Å²) in [5, 5.41) is 15.2. The average Bonchev–Trinajstić information content (AvgIpc) is 3.37. The van der Waals surface area contributed by atoms with Gasteiger partial charge in [-0.2, -0.15) is 4.98 Å². The number of anilines is 3. The normalized spacial score (nSPS) is 19.4. The van der Waals surface area contributed by atoms with Crippen molar-refractivity contribution in [2.24, 2.45) is 7.05 Å². The summed E-state index contributed by atoms with van der Waals surface area (Å²) in [6, 6.07) is 6.02. The predicted octanol–water partition coefficient (Wildman–Crippen LogP) is 3.28. The number of ether oxygens (including phenoxy) is 3. The van der Waals surface area contributed by atoms with Crippen LogP contribution >= 0.6 is 0 Å². The minimum Gasteiger partial charge on any atom is -0.759 e. The minimum absolute atomic E-state index is 0.0300. The summed E-state index contributed by atoms with van der Waals surface area (Å²) in [7, 11) is 1.75. The first-order valence-electron chi connectivity index (χ1n) is 13.5. The van der Waals surface area contributed by atoms with E-state index < -0.39 is 0 Å². The molecule has 13 heteroatoms. The fourth-order valence-corrected chi connectivity index (χ4v) is 5.05. The Labute approximate surface area is 231 Å². The number of fused-ring (bicyclic) bond motifs is 1. The zero-order chi connectivity index (χ0) is 27.3. The van der Waals surface area contributed by atoms with Crippen molar-refractivity contribution in [2.75, 3.05) is 42.0 Å². The van der Waals surface area contributed by atoms with E-state index in [4.69, 9.17) is 24.2 Å². The molecule has 1 saturated heterocycles. The lowest BCUT2D eigenvalue weighted by atomic mass is 9.93. The van der Waals surface area contributed by atoms with E-state index in [1.807, 2.05) is 23.7 Å². The van der Waals surface area contributed by atoms with E-state index in [0.29, 0.717) is 36.8 Å². The highest BCUT2D eigenvalue weighted by atomic mass is 16.5. The van der Waals surface area contributed by atoms with Crippen LogP contribution in [-0.4, -0.2) is 67.9 Å². The Balaban J connectivity index is 1.20. The first-order valence-corrected chi connectivity index (χ1v) is 13.5. The van der Waals surface area contributed by atoms with E-state index in [0.717, 1.165) is 61.2 Å². The Bertz CT molecular complexity index is 1420. The fraction of sp³-hybridized carbons (Fsp3) is 0.444. The van der Waals surface area contributed by atoms with Crippen LogP contribution in [-0.2, 0) is 18.4 Å². The molecule has 1 aliphatic heterocycles. The molecule has 40 heavy (non-hydrogen) atoms. The second-order valence-electron chi connectivity index (χ2n) is 9.95. The molecule has 6 rings (SSSR count). The smallest absolute Gasteiger partial charge is 0.225 e. The number of imidazole rings is 1. The van der Waals surface area contributed by atoms with Gasteiger partial charge >= 0.3 is 0 Å². The van der Waals surface area contributed by atoms with Gasteiger partial charge in [-0.3, -0.25) is 4.98 Å². The second-order valence-corrected chi connectivity index (χ2v) is 9.95. The van der Waals surface area contributed by atoms with E-state index in [1.165, 1.54) is 0 Å². The van der Waals surface area contributed by atoms with E-state index in [9.17, 15) is 5.21 Å². The lowest BCUT2D eigenvalue weighted by molar-refractivity contribution is 0.122. The molecule has 1 aliphatic carbocycles. The maximum atomic E-state index is 11.0. The highest BCUT2D eigenvalue weighted by Gasteiger charge is 2.25. The van der Waals surface area contributed by atoms with Crippen molar-refractivity contribution < 1.29 is 14.2 Å². The van der Waals surface area contributed by atoms with E-state index in [2.05, 4.69) is 25.2 Å². The second kappa shape index (κ2) is 11.9. The first kappa shape index (κ1) is 26.0. The van der Waals surface area contributed by atoms with Crippen molar-refractivity contribution in [3.8, 4) is 11.6 Å². The SMILES string of the molecule is Cn1c(COc2cnc3cc(N4CCOCC4)nc(OC4CCC(Nc5ncccn5)CC4)c3c2)cnc1N[O-]. The van der Waals surface area contributed by atoms with Crippen molar-refractivity contribution >= 4 is 28.6 Å². The molecular formula is C27H32N9O4-.